The summed E-state index contributed by atoms with van der Waals surface area (Å²) in [5.41, 5.74) is 1.64. The Bertz CT molecular complexity index is 894. The van der Waals surface area contributed by atoms with Gasteiger partial charge in [-0.05, 0) is 24.3 Å². The van der Waals surface area contributed by atoms with E-state index in [0.29, 0.717) is 17.2 Å². The smallest absolute Gasteiger partial charge is 0.261 e. The van der Waals surface area contributed by atoms with E-state index in [1.807, 2.05) is 22.9 Å². The number of pyridine rings is 1. The fourth-order valence-corrected chi connectivity index (χ4v) is 3.78. The van der Waals surface area contributed by atoms with Crippen LogP contribution in [-0.2, 0) is 0 Å². The predicted octanol–water partition coefficient (Wildman–Crippen LogP) is 3.04. The van der Waals surface area contributed by atoms with Crippen molar-refractivity contribution in [1.29, 1.82) is 0 Å². The molecule has 3 atom stereocenters. The topological polar surface area (TPSA) is 52.2 Å². The molecule has 0 amide bonds. The van der Waals surface area contributed by atoms with Gasteiger partial charge in [-0.2, -0.15) is 5.10 Å². The monoisotopic (exact) mass is 296 g/mol. The van der Waals surface area contributed by atoms with Crippen LogP contribution in [0.5, 0.6) is 0 Å². The molecule has 3 aromatic rings. The molecule has 1 aliphatic carbocycles. The van der Waals surface area contributed by atoms with Gasteiger partial charge in [0.2, 0.25) is 0 Å². The van der Waals surface area contributed by atoms with Gasteiger partial charge in [-0.25, -0.2) is 9.50 Å². The third-order valence-electron chi connectivity index (χ3n) is 5.33. The molecule has 5 nitrogen and oxygen atoms in total. The molecule has 3 heterocycles. The van der Waals surface area contributed by atoms with Crippen molar-refractivity contribution in [2.75, 3.05) is 0 Å². The zero-order valence-electron chi connectivity index (χ0n) is 12.9. The molecule has 0 spiro atoms. The lowest BCUT2D eigenvalue weighted by atomic mass is 9.78. The largest absolute Gasteiger partial charge is 0.311 e. The van der Waals surface area contributed by atoms with Gasteiger partial charge in [0, 0.05) is 24.5 Å². The zero-order valence-corrected chi connectivity index (χ0v) is 12.9. The number of hydrogen-bond acceptors (Lipinski definition) is 3. The van der Waals surface area contributed by atoms with Crippen molar-refractivity contribution in [3.63, 3.8) is 0 Å². The summed E-state index contributed by atoms with van der Waals surface area (Å²) in [6.07, 6.45) is 8.85. The Morgan fingerprint density at radius 2 is 2.09 bits per heavy atom. The summed E-state index contributed by atoms with van der Waals surface area (Å²) in [5.74, 6) is 1.18. The molecule has 114 valence electrons. The second-order valence-corrected chi connectivity index (χ2v) is 6.52. The Morgan fingerprint density at radius 3 is 2.95 bits per heavy atom. The van der Waals surface area contributed by atoms with E-state index >= 15 is 0 Å². The average Bonchev–Trinajstić information content (AvgIpc) is 3.00. The third kappa shape index (κ3) is 1.88. The molecule has 1 aliphatic rings. The van der Waals surface area contributed by atoms with Crippen molar-refractivity contribution < 1.29 is 0 Å². The van der Waals surface area contributed by atoms with Crippen LogP contribution in [0.25, 0.3) is 16.6 Å². The first-order valence-electron chi connectivity index (χ1n) is 8.00. The van der Waals surface area contributed by atoms with E-state index in [1.54, 1.807) is 16.9 Å². The lowest BCUT2D eigenvalue weighted by Gasteiger charge is -2.35. The van der Waals surface area contributed by atoms with Crippen LogP contribution in [0.2, 0.25) is 0 Å². The first-order chi connectivity index (χ1) is 10.7. The number of hydrogen-bond donors (Lipinski definition) is 0. The molecule has 0 aromatic carbocycles. The number of fused-ring (bicyclic) bond motifs is 3. The van der Waals surface area contributed by atoms with E-state index in [2.05, 4.69) is 23.9 Å². The molecule has 5 heteroatoms. The fourth-order valence-electron chi connectivity index (χ4n) is 3.78. The highest BCUT2D eigenvalue weighted by Crippen LogP contribution is 2.36. The molecular formula is C17H20N4O. The van der Waals surface area contributed by atoms with Gasteiger partial charge in [0.05, 0.1) is 17.1 Å². The lowest BCUT2D eigenvalue weighted by molar-refractivity contribution is 0.183. The van der Waals surface area contributed by atoms with E-state index in [0.717, 1.165) is 17.6 Å². The van der Waals surface area contributed by atoms with Crippen molar-refractivity contribution in [2.45, 2.75) is 39.2 Å². The van der Waals surface area contributed by atoms with Crippen molar-refractivity contribution in [1.82, 2.24) is 19.2 Å². The van der Waals surface area contributed by atoms with Crippen LogP contribution in [-0.4, -0.2) is 19.2 Å². The third-order valence-corrected chi connectivity index (χ3v) is 5.33. The van der Waals surface area contributed by atoms with Crippen molar-refractivity contribution >= 4 is 16.6 Å². The van der Waals surface area contributed by atoms with Gasteiger partial charge in [-0.1, -0.05) is 26.7 Å². The Hall–Kier alpha value is -2.17. The van der Waals surface area contributed by atoms with Crippen molar-refractivity contribution in [2.24, 2.45) is 11.8 Å². The molecule has 0 aliphatic heterocycles. The van der Waals surface area contributed by atoms with E-state index in [9.17, 15) is 4.79 Å². The van der Waals surface area contributed by atoms with Gasteiger partial charge in [0.15, 0.2) is 5.65 Å². The molecule has 3 aromatic heterocycles. The molecule has 1 saturated carbocycles. The van der Waals surface area contributed by atoms with Crippen LogP contribution >= 0.6 is 0 Å². The zero-order chi connectivity index (χ0) is 15.3. The van der Waals surface area contributed by atoms with E-state index < -0.39 is 0 Å². The average molecular weight is 296 g/mol. The summed E-state index contributed by atoms with van der Waals surface area (Å²) in [6.45, 7) is 4.55. The maximum Gasteiger partial charge on any atom is 0.261 e. The number of nitrogens with zero attached hydrogens (tertiary/aromatic N) is 4. The molecule has 0 N–H and O–H groups in total. The van der Waals surface area contributed by atoms with Gasteiger partial charge >= 0.3 is 0 Å². The summed E-state index contributed by atoms with van der Waals surface area (Å²) < 4.78 is 3.65. The van der Waals surface area contributed by atoms with Crippen LogP contribution in [0.15, 0.2) is 35.5 Å². The minimum Gasteiger partial charge on any atom is -0.311 e. The minimum absolute atomic E-state index is 0.0494. The van der Waals surface area contributed by atoms with Crippen LogP contribution < -0.4 is 5.56 Å². The quantitative estimate of drug-likeness (QED) is 0.693. The molecule has 4 rings (SSSR count). The molecule has 0 radical (unpaired) electrons. The second-order valence-electron chi connectivity index (χ2n) is 6.52. The second kappa shape index (κ2) is 4.93. The number of aromatic nitrogens is 4. The predicted molar refractivity (Wildman–Crippen MR) is 86.0 cm³/mol. The van der Waals surface area contributed by atoms with Crippen molar-refractivity contribution in [3.8, 4) is 0 Å². The van der Waals surface area contributed by atoms with Crippen LogP contribution in [0.3, 0.4) is 0 Å². The summed E-state index contributed by atoms with van der Waals surface area (Å²) in [5, 5.41) is 4.91. The van der Waals surface area contributed by atoms with Crippen LogP contribution in [0.4, 0.5) is 0 Å². The Morgan fingerprint density at radius 1 is 1.23 bits per heavy atom. The van der Waals surface area contributed by atoms with Gasteiger partial charge in [0.1, 0.15) is 0 Å². The highest BCUT2D eigenvalue weighted by atomic mass is 16.1. The summed E-state index contributed by atoms with van der Waals surface area (Å²) in [4.78, 5) is 17.3. The fraction of sp³-hybridized carbons (Fsp3) is 0.471. The molecule has 0 bridgehead atoms. The highest BCUT2D eigenvalue weighted by molar-refractivity contribution is 5.79. The summed E-state index contributed by atoms with van der Waals surface area (Å²) >= 11 is 0. The van der Waals surface area contributed by atoms with Gasteiger partial charge < -0.3 is 4.57 Å². The first kappa shape index (κ1) is 13.5. The van der Waals surface area contributed by atoms with Gasteiger partial charge in [0.25, 0.3) is 5.56 Å². The van der Waals surface area contributed by atoms with Gasteiger partial charge in [-0.3, -0.25) is 4.79 Å². The van der Waals surface area contributed by atoms with Crippen molar-refractivity contribution in [3.05, 3.63) is 41.1 Å². The minimum atomic E-state index is 0.0494. The van der Waals surface area contributed by atoms with E-state index in [1.165, 1.54) is 12.8 Å². The Kier molecular flexibility index (Phi) is 3.03. The molecule has 22 heavy (non-hydrogen) atoms. The van der Waals surface area contributed by atoms with Crippen LogP contribution in [0, 0.1) is 11.8 Å². The maximum absolute atomic E-state index is 12.9. The summed E-state index contributed by atoms with van der Waals surface area (Å²) in [6, 6.07) is 4.12. The highest BCUT2D eigenvalue weighted by Gasteiger charge is 2.29. The Labute approximate surface area is 128 Å². The van der Waals surface area contributed by atoms with Gasteiger partial charge in [-0.15, -0.1) is 0 Å². The Balaban J connectivity index is 1.91. The molecule has 0 saturated heterocycles. The molecular weight excluding hydrogens is 276 g/mol. The molecule has 0 unspecified atom stereocenters. The normalized spacial score (nSPS) is 25.8. The maximum atomic E-state index is 12.9. The first-order valence-corrected chi connectivity index (χ1v) is 8.00. The van der Waals surface area contributed by atoms with E-state index in [-0.39, 0.29) is 11.6 Å². The van der Waals surface area contributed by atoms with E-state index in [4.69, 9.17) is 0 Å². The lowest BCUT2D eigenvalue weighted by Crippen LogP contribution is -2.33. The number of rotatable bonds is 1. The summed E-state index contributed by atoms with van der Waals surface area (Å²) in [7, 11) is 0. The molecule has 1 fully saturated rings. The standard InChI is InChI=1S/C17H20N4O/c1-11-4-3-5-14(12(11)2)20-9-7-15-13(17(20)22)10-18-16-6-8-19-21(15)16/h6-12,14H,3-5H2,1-2H3/t11-,12-,14-/m1/s1. The SMILES string of the molecule is C[C@@H]1[C@H](C)CCC[C@H]1n1ccc2c(cnc3ccnn32)c1=O. The van der Waals surface area contributed by atoms with Crippen LogP contribution in [0.1, 0.15) is 39.2 Å².